The Hall–Kier alpha value is -1.29. The van der Waals surface area contributed by atoms with E-state index in [1.165, 1.54) is 12.1 Å². The predicted octanol–water partition coefficient (Wildman–Crippen LogP) is 4.83. The SMILES string of the molecule is CC(NC(N)=NCCc1cc(F)cc2c1OCOC2)c1ccc(Cl)cc1Cl.I. The van der Waals surface area contributed by atoms with Crippen molar-refractivity contribution in [2.45, 2.75) is 26.0 Å². The van der Waals surface area contributed by atoms with Crippen molar-refractivity contribution in [3.8, 4) is 5.75 Å². The van der Waals surface area contributed by atoms with Crippen LogP contribution in [0.2, 0.25) is 10.0 Å². The number of halogens is 4. The minimum atomic E-state index is -0.320. The summed E-state index contributed by atoms with van der Waals surface area (Å²) in [6.07, 6.45) is 0.499. The molecule has 9 heteroatoms. The highest BCUT2D eigenvalue weighted by atomic mass is 127. The maximum Gasteiger partial charge on any atom is 0.189 e. The van der Waals surface area contributed by atoms with Crippen molar-refractivity contribution >= 4 is 53.1 Å². The molecule has 0 aromatic heterocycles. The van der Waals surface area contributed by atoms with Crippen molar-refractivity contribution in [1.29, 1.82) is 0 Å². The van der Waals surface area contributed by atoms with Gasteiger partial charge in [0.15, 0.2) is 12.8 Å². The second-order valence-corrected chi connectivity index (χ2v) is 7.06. The molecule has 0 fully saturated rings. The summed E-state index contributed by atoms with van der Waals surface area (Å²) in [6, 6.07) is 8.04. The van der Waals surface area contributed by atoms with E-state index in [1.54, 1.807) is 12.1 Å². The van der Waals surface area contributed by atoms with Gasteiger partial charge in [-0.15, -0.1) is 24.0 Å². The first-order valence-electron chi connectivity index (χ1n) is 8.47. The van der Waals surface area contributed by atoms with Crippen LogP contribution in [-0.2, 0) is 17.8 Å². The lowest BCUT2D eigenvalue weighted by molar-refractivity contribution is -0.0172. The molecular weight excluding hydrogens is 519 g/mol. The highest BCUT2D eigenvalue weighted by Gasteiger charge is 2.17. The summed E-state index contributed by atoms with van der Waals surface area (Å²) in [6.45, 7) is 2.82. The predicted molar refractivity (Wildman–Crippen MR) is 120 cm³/mol. The van der Waals surface area contributed by atoms with Crippen LogP contribution in [0.15, 0.2) is 35.3 Å². The zero-order valence-electron chi connectivity index (χ0n) is 15.2. The summed E-state index contributed by atoms with van der Waals surface area (Å²) in [7, 11) is 0. The Morgan fingerprint density at radius 3 is 2.86 bits per heavy atom. The van der Waals surface area contributed by atoms with Gasteiger partial charge >= 0.3 is 0 Å². The van der Waals surface area contributed by atoms with Crippen LogP contribution < -0.4 is 15.8 Å². The van der Waals surface area contributed by atoms with Gasteiger partial charge in [0.25, 0.3) is 0 Å². The molecule has 0 saturated carbocycles. The number of nitrogens with one attached hydrogen (secondary N) is 1. The van der Waals surface area contributed by atoms with Gasteiger partial charge in [-0.1, -0.05) is 29.3 Å². The molecule has 2 aromatic carbocycles. The molecule has 3 rings (SSSR count). The zero-order chi connectivity index (χ0) is 19.4. The Morgan fingerprint density at radius 2 is 2.11 bits per heavy atom. The number of fused-ring (bicyclic) bond motifs is 1. The smallest absolute Gasteiger partial charge is 0.189 e. The van der Waals surface area contributed by atoms with E-state index < -0.39 is 0 Å². The van der Waals surface area contributed by atoms with Crippen LogP contribution >= 0.6 is 47.2 Å². The average Bonchev–Trinajstić information content (AvgIpc) is 2.61. The third-order valence-corrected chi connectivity index (χ3v) is 4.77. The summed E-state index contributed by atoms with van der Waals surface area (Å²) in [5.41, 5.74) is 8.29. The molecule has 0 spiro atoms. The van der Waals surface area contributed by atoms with E-state index in [0.717, 1.165) is 11.1 Å². The Bertz CT molecular complexity index is 867. The molecule has 0 saturated heterocycles. The van der Waals surface area contributed by atoms with Crippen LogP contribution in [0.25, 0.3) is 0 Å². The van der Waals surface area contributed by atoms with Crippen LogP contribution in [-0.4, -0.2) is 19.3 Å². The van der Waals surface area contributed by atoms with E-state index in [4.69, 9.17) is 38.4 Å². The quantitative estimate of drug-likeness (QED) is 0.324. The molecule has 0 aliphatic carbocycles. The number of hydrogen-bond acceptors (Lipinski definition) is 3. The van der Waals surface area contributed by atoms with E-state index in [-0.39, 0.29) is 48.6 Å². The summed E-state index contributed by atoms with van der Waals surface area (Å²) in [5, 5.41) is 4.22. The molecular formula is C19H21Cl2FIN3O2. The van der Waals surface area contributed by atoms with E-state index >= 15 is 0 Å². The number of ether oxygens (including phenoxy) is 2. The van der Waals surface area contributed by atoms with E-state index in [2.05, 4.69) is 10.3 Å². The zero-order valence-corrected chi connectivity index (χ0v) is 19.0. The molecule has 3 N–H and O–H groups in total. The van der Waals surface area contributed by atoms with Gasteiger partial charge in [-0.05, 0) is 48.7 Å². The first-order chi connectivity index (χ1) is 12.9. The van der Waals surface area contributed by atoms with Crippen LogP contribution in [0, 0.1) is 5.82 Å². The number of aliphatic imine (C=N–C) groups is 1. The molecule has 0 bridgehead atoms. The number of benzene rings is 2. The standard InChI is InChI=1S/C19H20Cl2FN3O2.HI/c1-11(16-3-2-14(20)8-17(16)21)25-19(23)24-5-4-12-6-15(22)7-13-9-26-10-27-18(12)13;/h2-3,6-8,11H,4-5,9-10H2,1H3,(H3,23,24,25);1H. The van der Waals surface area contributed by atoms with Gasteiger partial charge in [0.05, 0.1) is 12.6 Å². The number of nitrogens with two attached hydrogens (primary N) is 1. The third-order valence-electron chi connectivity index (χ3n) is 4.21. The monoisotopic (exact) mass is 539 g/mol. The Labute approximate surface area is 190 Å². The largest absolute Gasteiger partial charge is 0.467 e. The van der Waals surface area contributed by atoms with Gasteiger partial charge < -0.3 is 20.5 Å². The maximum atomic E-state index is 13.8. The topological polar surface area (TPSA) is 68.9 Å². The maximum absolute atomic E-state index is 13.8. The van der Waals surface area contributed by atoms with Crippen molar-refractivity contribution in [2.75, 3.05) is 13.3 Å². The first-order valence-corrected chi connectivity index (χ1v) is 9.23. The van der Waals surface area contributed by atoms with E-state index in [1.807, 2.05) is 13.0 Å². The average molecular weight is 540 g/mol. The summed E-state index contributed by atoms with van der Waals surface area (Å²) in [4.78, 5) is 4.32. The van der Waals surface area contributed by atoms with Crippen LogP contribution in [0.3, 0.4) is 0 Å². The minimum Gasteiger partial charge on any atom is -0.467 e. The second kappa shape index (κ2) is 10.5. The van der Waals surface area contributed by atoms with Crippen LogP contribution in [0.5, 0.6) is 5.75 Å². The Morgan fingerprint density at radius 1 is 1.32 bits per heavy atom. The highest BCUT2D eigenvalue weighted by Crippen LogP contribution is 2.30. The third kappa shape index (κ3) is 5.85. The lowest BCUT2D eigenvalue weighted by Gasteiger charge is -2.20. The van der Waals surface area contributed by atoms with Crippen molar-refractivity contribution in [3.63, 3.8) is 0 Å². The summed E-state index contributed by atoms with van der Waals surface area (Å²) in [5.74, 6) is 0.632. The van der Waals surface area contributed by atoms with Gasteiger partial charge in [-0.2, -0.15) is 0 Å². The van der Waals surface area contributed by atoms with Gasteiger partial charge in [0.2, 0.25) is 0 Å². The lowest BCUT2D eigenvalue weighted by Crippen LogP contribution is -2.34. The van der Waals surface area contributed by atoms with Crippen molar-refractivity contribution in [1.82, 2.24) is 5.32 Å². The minimum absolute atomic E-state index is 0. The molecule has 28 heavy (non-hydrogen) atoms. The number of guanidine groups is 1. The molecule has 1 atom stereocenters. The molecule has 1 unspecified atom stereocenters. The van der Waals surface area contributed by atoms with Crippen LogP contribution in [0.1, 0.15) is 29.7 Å². The molecule has 152 valence electrons. The first kappa shape index (κ1) is 23.0. The molecule has 0 radical (unpaired) electrons. The Kier molecular flexibility index (Phi) is 8.60. The fourth-order valence-corrected chi connectivity index (χ4v) is 3.51. The lowest BCUT2D eigenvalue weighted by atomic mass is 10.1. The van der Waals surface area contributed by atoms with Gasteiger partial charge in [0, 0.05) is 22.2 Å². The summed E-state index contributed by atoms with van der Waals surface area (Å²) < 4.78 is 24.4. The number of hydrogen-bond donors (Lipinski definition) is 2. The van der Waals surface area contributed by atoms with Crippen LogP contribution in [0.4, 0.5) is 4.39 Å². The molecule has 5 nitrogen and oxygen atoms in total. The highest BCUT2D eigenvalue weighted by molar-refractivity contribution is 14.0. The van der Waals surface area contributed by atoms with Crippen molar-refractivity contribution in [2.24, 2.45) is 10.7 Å². The normalized spacial score (nSPS) is 14.5. The van der Waals surface area contributed by atoms with Gasteiger partial charge in [-0.25, -0.2) is 4.39 Å². The Balaban J connectivity index is 0.00000280. The van der Waals surface area contributed by atoms with E-state index in [9.17, 15) is 4.39 Å². The fourth-order valence-electron chi connectivity index (χ4n) is 2.94. The molecule has 0 amide bonds. The second-order valence-electron chi connectivity index (χ2n) is 6.21. The number of nitrogens with zero attached hydrogens (tertiary/aromatic N) is 1. The van der Waals surface area contributed by atoms with Gasteiger partial charge in [0.1, 0.15) is 11.6 Å². The molecule has 1 heterocycles. The van der Waals surface area contributed by atoms with Gasteiger partial charge in [-0.3, -0.25) is 4.99 Å². The molecule has 2 aromatic rings. The van der Waals surface area contributed by atoms with Crippen molar-refractivity contribution < 1.29 is 13.9 Å². The molecule has 1 aliphatic heterocycles. The van der Waals surface area contributed by atoms with E-state index in [0.29, 0.717) is 40.9 Å². The van der Waals surface area contributed by atoms with Crippen molar-refractivity contribution in [3.05, 3.63) is 62.9 Å². The fraction of sp³-hybridized carbons (Fsp3) is 0.316. The number of rotatable bonds is 5. The molecule has 1 aliphatic rings. The summed E-state index contributed by atoms with van der Waals surface area (Å²) >= 11 is 12.1.